The molecule has 1 aromatic rings. The number of hydrogen-bond acceptors (Lipinski definition) is 2. The van der Waals surface area contributed by atoms with E-state index in [1.807, 2.05) is 0 Å². The maximum atomic E-state index is 13.2. The topological polar surface area (TPSA) is 29.1 Å². The van der Waals surface area contributed by atoms with Crippen LogP contribution in [0.4, 0.5) is 10.1 Å². The van der Waals surface area contributed by atoms with Gasteiger partial charge in [0.2, 0.25) is 0 Å². The summed E-state index contributed by atoms with van der Waals surface area (Å²) in [5.41, 5.74) is 0.850. The largest absolute Gasteiger partial charge is 0.384 e. The van der Waals surface area contributed by atoms with Crippen LogP contribution in [0, 0.1) is 5.82 Å². The fourth-order valence-electron chi connectivity index (χ4n) is 1.55. The molecule has 2 nitrogen and oxygen atoms in total. The number of Topliss-reactive ketones (excluding diaryl/α,β-unsaturated/α-hetero) is 1. The number of carbonyl (C=O) groups is 1. The summed E-state index contributed by atoms with van der Waals surface area (Å²) in [7, 11) is 0. The molecule has 0 atom stereocenters. The minimum absolute atomic E-state index is 0.0990. The van der Waals surface area contributed by atoms with E-state index in [1.165, 1.54) is 6.07 Å². The summed E-state index contributed by atoms with van der Waals surface area (Å²) in [6, 6.07) is 4.67. The summed E-state index contributed by atoms with van der Waals surface area (Å²) in [4.78, 5) is 11.4. The van der Waals surface area contributed by atoms with Crippen molar-refractivity contribution < 1.29 is 9.18 Å². The van der Waals surface area contributed by atoms with Crippen LogP contribution in [0.3, 0.4) is 0 Å². The van der Waals surface area contributed by atoms with Crippen LogP contribution in [0.25, 0.3) is 0 Å². The average Bonchev–Trinajstić information content (AvgIpc) is 2.29. The molecule has 2 rings (SSSR count). The second-order valence-corrected chi connectivity index (χ2v) is 3.12. The summed E-state index contributed by atoms with van der Waals surface area (Å²) in [6.45, 7) is 0.738. The van der Waals surface area contributed by atoms with Crippen LogP contribution in [0.1, 0.15) is 23.2 Å². The molecule has 0 aliphatic carbocycles. The highest BCUT2D eigenvalue weighted by Gasteiger charge is 2.18. The Morgan fingerprint density at radius 2 is 2.23 bits per heavy atom. The van der Waals surface area contributed by atoms with Crippen LogP contribution in [-0.4, -0.2) is 12.3 Å². The van der Waals surface area contributed by atoms with E-state index in [0.717, 1.165) is 13.0 Å². The van der Waals surface area contributed by atoms with Crippen molar-refractivity contribution in [1.29, 1.82) is 0 Å². The minimum Gasteiger partial charge on any atom is -0.384 e. The van der Waals surface area contributed by atoms with Crippen LogP contribution >= 0.6 is 0 Å². The highest BCUT2D eigenvalue weighted by molar-refractivity contribution is 6.01. The lowest BCUT2D eigenvalue weighted by molar-refractivity contribution is 0.0980. The molecule has 3 heteroatoms. The number of benzene rings is 1. The van der Waals surface area contributed by atoms with Gasteiger partial charge >= 0.3 is 0 Å². The molecule has 0 saturated heterocycles. The van der Waals surface area contributed by atoms with Crippen LogP contribution < -0.4 is 5.32 Å². The van der Waals surface area contributed by atoms with Crippen LogP contribution in [0.2, 0.25) is 0 Å². The predicted octanol–water partition coefficient (Wildman–Crippen LogP) is 2.21. The highest BCUT2D eigenvalue weighted by atomic mass is 19.1. The molecule has 0 fully saturated rings. The Labute approximate surface area is 75.8 Å². The first-order valence-corrected chi connectivity index (χ1v) is 4.34. The molecule has 1 aromatic carbocycles. The first-order chi connectivity index (χ1) is 6.29. The molecular formula is C10H10FNO. The number of halogens is 1. The van der Waals surface area contributed by atoms with E-state index in [9.17, 15) is 9.18 Å². The first kappa shape index (κ1) is 8.23. The Kier molecular flexibility index (Phi) is 2.00. The van der Waals surface area contributed by atoms with Gasteiger partial charge in [-0.1, -0.05) is 6.07 Å². The quantitative estimate of drug-likeness (QED) is 0.661. The summed E-state index contributed by atoms with van der Waals surface area (Å²) in [6.07, 6.45) is 1.20. The average molecular weight is 179 g/mol. The van der Waals surface area contributed by atoms with Crippen LogP contribution in [0.5, 0.6) is 0 Å². The number of fused-ring (bicyclic) bond motifs is 1. The number of nitrogens with one attached hydrogen (secondary N) is 1. The van der Waals surface area contributed by atoms with Crippen molar-refractivity contribution in [1.82, 2.24) is 0 Å². The molecule has 0 unspecified atom stereocenters. The molecule has 68 valence electrons. The van der Waals surface area contributed by atoms with E-state index in [-0.39, 0.29) is 11.3 Å². The molecule has 0 bridgehead atoms. The van der Waals surface area contributed by atoms with Crippen molar-refractivity contribution in [3.05, 3.63) is 29.6 Å². The monoisotopic (exact) mass is 179 g/mol. The molecule has 1 aliphatic rings. The first-order valence-electron chi connectivity index (χ1n) is 4.34. The third-order valence-corrected chi connectivity index (χ3v) is 2.19. The van der Waals surface area contributed by atoms with Gasteiger partial charge in [0.15, 0.2) is 5.78 Å². The van der Waals surface area contributed by atoms with Crippen LogP contribution in [-0.2, 0) is 0 Å². The van der Waals surface area contributed by atoms with Crippen molar-refractivity contribution in [2.24, 2.45) is 0 Å². The lowest BCUT2D eigenvalue weighted by Crippen LogP contribution is -2.02. The Morgan fingerprint density at radius 1 is 1.38 bits per heavy atom. The van der Waals surface area contributed by atoms with E-state index < -0.39 is 5.82 Å². The lowest BCUT2D eigenvalue weighted by atomic mass is 10.1. The maximum Gasteiger partial charge on any atom is 0.167 e. The summed E-state index contributed by atoms with van der Waals surface area (Å²) >= 11 is 0. The van der Waals surface area contributed by atoms with E-state index >= 15 is 0 Å². The Hall–Kier alpha value is -1.38. The van der Waals surface area contributed by atoms with E-state index in [1.54, 1.807) is 12.1 Å². The number of carbonyl (C=O) groups excluding carboxylic acids is 1. The number of anilines is 1. The molecule has 0 spiro atoms. The van der Waals surface area contributed by atoms with Crippen molar-refractivity contribution >= 4 is 11.5 Å². The van der Waals surface area contributed by atoms with Crippen molar-refractivity contribution in [3.8, 4) is 0 Å². The van der Waals surface area contributed by atoms with Gasteiger partial charge in [0.05, 0.1) is 5.56 Å². The number of rotatable bonds is 0. The smallest absolute Gasteiger partial charge is 0.167 e. The van der Waals surface area contributed by atoms with Gasteiger partial charge < -0.3 is 5.32 Å². The van der Waals surface area contributed by atoms with E-state index in [4.69, 9.17) is 0 Å². The third kappa shape index (κ3) is 1.41. The number of ketones is 1. The zero-order valence-electron chi connectivity index (χ0n) is 7.14. The van der Waals surface area contributed by atoms with E-state index in [2.05, 4.69) is 5.32 Å². The standard InChI is InChI=1S/C10H10FNO/c11-7-3-1-4-8-10(7)9(13)5-2-6-12-8/h1,3-4,12H,2,5-6H2. The minimum atomic E-state index is -0.420. The second kappa shape index (κ2) is 3.17. The van der Waals surface area contributed by atoms with Crippen molar-refractivity contribution in [3.63, 3.8) is 0 Å². The van der Waals surface area contributed by atoms with Gasteiger partial charge in [0, 0.05) is 18.7 Å². The SMILES string of the molecule is O=C1CCCNc2cccc(F)c21. The third-order valence-electron chi connectivity index (χ3n) is 2.19. The van der Waals surface area contributed by atoms with Crippen LogP contribution in [0.15, 0.2) is 18.2 Å². The Morgan fingerprint density at radius 3 is 3.08 bits per heavy atom. The molecule has 0 radical (unpaired) electrons. The molecular weight excluding hydrogens is 169 g/mol. The highest BCUT2D eigenvalue weighted by Crippen LogP contribution is 2.23. The molecule has 0 saturated carbocycles. The Bertz CT molecular complexity index is 349. The van der Waals surface area contributed by atoms with Gasteiger partial charge in [-0.05, 0) is 18.6 Å². The molecule has 0 aromatic heterocycles. The zero-order valence-corrected chi connectivity index (χ0v) is 7.14. The fourth-order valence-corrected chi connectivity index (χ4v) is 1.55. The molecule has 1 N–H and O–H groups in total. The molecule has 0 amide bonds. The molecule has 1 heterocycles. The summed E-state index contributed by atoms with van der Waals surface area (Å²) in [5, 5.41) is 3.04. The second-order valence-electron chi connectivity index (χ2n) is 3.12. The van der Waals surface area contributed by atoms with Gasteiger partial charge in [-0.25, -0.2) is 4.39 Å². The summed E-state index contributed by atoms with van der Waals surface area (Å²) in [5.74, 6) is -0.519. The van der Waals surface area contributed by atoms with E-state index in [0.29, 0.717) is 12.1 Å². The molecule has 13 heavy (non-hydrogen) atoms. The van der Waals surface area contributed by atoms with Crippen molar-refractivity contribution in [2.45, 2.75) is 12.8 Å². The van der Waals surface area contributed by atoms with Gasteiger partial charge in [0.1, 0.15) is 5.82 Å². The Balaban J connectivity index is 2.55. The van der Waals surface area contributed by atoms with Crippen molar-refractivity contribution in [2.75, 3.05) is 11.9 Å². The van der Waals surface area contributed by atoms with Gasteiger partial charge in [-0.15, -0.1) is 0 Å². The number of hydrogen-bond donors (Lipinski definition) is 1. The summed E-state index contributed by atoms with van der Waals surface area (Å²) < 4.78 is 13.2. The van der Waals surface area contributed by atoms with Gasteiger partial charge in [-0.3, -0.25) is 4.79 Å². The predicted molar refractivity (Wildman–Crippen MR) is 48.5 cm³/mol. The molecule has 1 aliphatic heterocycles. The fraction of sp³-hybridized carbons (Fsp3) is 0.300. The zero-order chi connectivity index (χ0) is 9.26. The lowest BCUT2D eigenvalue weighted by Gasteiger charge is -2.05. The van der Waals surface area contributed by atoms with Gasteiger partial charge in [-0.2, -0.15) is 0 Å². The normalized spacial score (nSPS) is 15.9. The van der Waals surface area contributed by atoms with Gasteiger partial charge in [0.25, 0.3) is 0 Å². The maximum absolute atomic E-state index is 13.2.